The number of nitro groups is 1. The molecule has 0 aliphatic carbocycles. The van der Waals surface area contributed by atoms with Crippen LogP contribution in [-0.4, -0.2) is 16.7 Å². The number of para-hydroxylation sites is 1. The number of non-ortho nitro benzene ring substituents is 1. The van der Waals surface area contributed by atoms with Crippen LogP contribution in [0.1, 0.15) is 37.4 Å². The number of rotatable bonds is 3. The molecule has 134 valence electrons. The van der Waals surface area contributed by atoms with Crippen LogP contribution in [0.5, 0.6) is 5.75 Å². The van der Waals surface area contributed by atoms with E-state index in [1.807, 2.05) is 38.1 Å². The zero-order valence-corrected chi connectivity index (χ0v) is 14.6. The molecule has 0 aromatic heterocycles. The lowest BCUT2D eigenvalue weighted by Crippen LogP contribution is -2.65. The molecule has 2 heterocycles. The molecule has 2 aliphatic heterocycles. The highest BCUT2D eigenvalue weighted by Crippen LogP contribution is 2.46. The number of hydrogen-bond donors (Lipinski definition) is 1. The molecule has 1 fully saturated rings. The first-order chi connectivity index (χ1) is 12.4. The van der Waals surface area contributed by atoms with Crippen molar-refractivity contribution in [3.8, 4) is 5.75 Å². The molecule has 2 amide bonds. The topological polar surface area (TPSA) is 84.7 Å². The van der Waals surface area contributed by atoms with Gasteiger partial charge in [-0.05, 0) is 31.0 Å². The molecular formula is C19H19N3O4. The van der Waals surface area contributed by atoms with Crippen LogP contribution in [0.2, 0.25) is 0 Å². The molecule has 0 spiro atoms. The summed E-state index contributed by atoms with van der Waals surface area (Å²) in [5, 5.41) is 14.0. The van der Waals surface area contributed by atoms with Gasteiger partial charge >= 0.3 is 6.03 Å². The van der Waals surface area contributed by atoms with Crippen LogP contribution in [-0.2, 0) is 6.42 Å². The molecule has 1 N–H and O–H groups in total. The van der Waals surface area contributed by atoms with Crippen LogP contribution in [0.15, 0.2) is 42.5 Å². The maximum Gasteiger partial charge on any atom is 0.325 e. The van der Waals surface area contributed by atoms with E-state index in [1.165, 1.54) is 12.1 Å². The Morgan fingerprint density at radius 3 is 2.85 bits per heavy atom. The van der Waals surface area contributed by atoms with Crippen LogP contribution in [0.3, 0.4) is 0 Å². The van der Waals surface area contributed by atoms with E-state index in [9.17, 15) is 14.9 Å². The van der Waals surface area contributed by atoms with Gasteiger partial charge in [0.15, 0.2) is 5.72 Å². The summed E-state index contributed by atoms with van der Waals surface area (Å²) in [5.41, 5.74) is 1.65. The Bertz CT molecular complexity index is 913. The van der Waals surface area contributed by atoms with Gasteiger partial charge in [0.2, 0.25) is 0 Å². The molecular weight excluding hydrogens is 334 g/mol. The van der Waals surface area contributed by atoms with Crippen LogP contribution >= 0.6 is 0 Å². The molecule has 4 rings (SSSR count). The van der Waals surface area contributed by atoms with Gasteiger partial charge in [0.25, 0.3) is 5.69 Å². The molecule has 26 heavy (non-hydrogen) atoms. The predicted molar refractivity (Wildman–Crippen MR) is 96.3 cm³/mol. The van der Waals surface area contributed by atoms with Crippen molar-refractivity contribution >= 4 is 17.4 Å². The molecule has 0 saturated carbocycles. The van der Waals surface area contributed by atoms with Gasteiger partial charge in [-0.15, -0.1) is 0 Å². The highest BCUT2D eigenvalue weighted by molar-refractivity contribution is 5.95. The lowest BCUT2D eigenvalue weighted by atomic mass is 9.89. The first kappa shape index (κ1) is 16.4. The van der Waals surface area contributed by atoms with E-state index < -0.39 is 10.6 Å². The summed E-state index contributed by atoms with van der Waals surface area (Å²) in [4.78, 5) is 25.2. The second kappa shape index (κ2) is 5.72. The summed E-state index contributed by atoms with van der Waals surface area (Å²) < 4.78 is 6.20. The fraction of sp³-hybridized carbons (Fsp3) is 0.316. The minimum absolute atomic E-state index is 0.0102. The quantitative estimate of drug-likeness (QED) is 0.669. The van der Waals surface area contributed by atoms with Gasteiger partial charge in [0, 0.05) is 24.1 Å². The highest BCUT2D eigenvalue weighted by atomic mass is 16.6. The van der Waals surface area contributed by atoms with Crippen molar-refractivity contribution in [3.63, 3.8) is 0 Å². The first-order valence-electron chi connectivity index (χ1n) is 8.59. The van der Waals surface area contributed by atoms with E-state index in [-0.39, 0.29) is 17.8 Å². The highest BCUT2D eigenvalue weighted by Gasteiger charge is 2.50. The Morgan fingerprint density at radius 2 is 2.12 bits per heavy atom. The zero-order valence-electron chi connectivity index (χ0n) is 14.6. The van der Waals surface area contributed by atoms with Crippen molar-refractivity contribution in [2.45, 2.75) is 38.5 Å². The number of nitrogens with one attached hydrogen (secondary N) is 1. The molecule has 2 aromatic carbocycles. The number of aryl methyl sites for hydroxylation is 1. The number of carbonyl (C=O) groups is 1. The summed E-state index contributed by atoms with van der Waals surface area (Å²) in [6.07, 6.45) is 1.30. The summed E-state index contributed by atoms with van der Waals surface area (Å²) in [6.45, 7) is 3.93. The summed E-state index contributed by atoms with van der Waals surface area (Å²) >= 11 is 0. The number of fused-ring (bicyclic) bond motifs is 4. The van der Waals surface area contributed by atoms with E-state index >= 15 is 0 Å². The molecule has 0 radical (unpaired) electrons. The van der Waals surface area contributed by atoms with Gasteiger partial charge in [0.1, 0.15) is 5.75 Å². The minimum Gasteiger partial charge on any atom is -0.467 e. The predicted octanol–water partition coefficient (Wildman–Crippen LogP) is 3.93. The number of hydrogen-bond acceptors (Lipinski definition) is 4. The van der Waals surface area contributed by atoms with Crippen molar-refractivity contribution in [3.05, 3.63) is 63.7 Å². The second-order valence-corrected chi connectivity index (χ2v) is 6.78. The third kappa shape index (κ3) is 2.39. The van der Waals surface area contributed by atoms with Gasteiger partial charge in [-0.1, -0.05) is 25.1 Å². The number of ether oxygens (including phenoxy) is 1. The van der Waals surface area contributed by atoms with Gasteiger partial charge < -0.3 is 10.1 Å². The molecule has 1 saturated heterocycles. The van der Waals surface area contributed by atoms with E-state index in [0.29, 0.717) is 17.7 Å². The molecule has 7 nitrogen and oxygen atoms in total. The molecule has 7 heteroatoms. The Labute approximate surface area is 150 Å². The van der Waals surface area contributed by atoms with Gasteiger partial charge in [0.05, 0.1) is 16.7 Å². The number of benzene rings is 2. The number of nitrogens with zero attached hydrogens (tertiary/aromatic N) is 2. The number of anilines is 1. The van der Waals surface area contributed by atoms with Crippen LogP contribution in [0.4, 0.5) is 16.2 Å². The van der Waals surface area contributed by atoms with Gasteiger partial charge in [-0.2, -0.15) is 0 Å². The second-order valence-electron chi connectivity index (χ2n) is 6.78. The summed E-state index contributed by atoms with van der Waals surface area (Å²) in [5.74, 6) is 0.563. The van der Waals surface area contributed by atoms with Crippen molar-refractivity contribution in [1.29, 1.82) is 0 Å². The SMILES string of the molecule is CCc1ccccc1N1C(=O)NC2CC1(C)Oc1ccc([N+](=O)[O-])cc12. The number of amides is 2. The van der Waals surface area contributed by atoms with E-state index in [1.54, 1.807) is 11.0 Å². The molecule has 2 bridgehead atoms. The monoisotopic (exact) mass is 353 g/mol. The van der Waals surface area contributed by atoms with Crippen LogP contribution < -0.4 is 15.0 Å². The van der Waals surface area contributed by atoms with Crippen molar-refractivity contribution in [1.82, 2.24) is 5.32 Å². The molecule has 2 aliphatic rings. The average molecular weight is 353 g/mol. The third-order valence-corrected chi connectivity index (χ3v) is 5.08. The van der Waals surface area contributed by atoms with Crippen molar-refractivity contribution in [2.75, 3.05) is 4.90 Å². The Hall–Kier alpha value is -3.09. The average Bonchev–Trinajstić information content (AvgIpc) is 2.61. The Morgan fingerprint density at radius 1 is 1.35 bits per heavy atom. The molecule has 2 atom stereocenters. The fourth-order valence-corrected chi connectivity index (χ4v) is 3.87. The lowest BCUT2D eigenvalue weighted by molar-refractivity contribution is -0.385. The number of carbonyl (C=O) groups excluding carboxylic acids is 1. The van der Waals surface area contributed by atoms with E-state index in [4.69, 9.17) is 4.74 Å². The van der Waals surface area contributed by atoms with Crippen molar-refractivity contribution < 1.29 is 14.5 Å². The number of urea groups is 1. The standard InChI is InChI=1S/C19H19N3O4/c1-3-12-6-4-5-7-16(12)21-18(23)20-15-11-19(21,2)26-17-9-8-13(22(24)25)10-14(15)17/h4-10,15H,3,11H2,1-2H3,(H,20,23). The van der Waals surface area contributed by atoms with Gasteiger partial charge in [-0.3, -0.25) is 15.0 Å². The fourth-order valence-electron chi connectivity index (χ4n) is 3.87. The zero-order chi connectivity index (χ0) is 18.5. The Kier molecular flexibility index (Phi) is 3.61. The summed E-state index contributed by atoms with van der Waals surface area (Å²) in [6, 6.07) is 11.7. The summed E-state index contributed by atoms with van der Waals surface area (Å²) in [7, 11) is 0. The Balaban J connectivity index is 1.80. The van der Waals surface area contributed by atoms with Crippen molar-refractivity contribution in [2.24, 2.45) is 0 Å². The molecule has 2 aromatic rings. The van der Waals surface area contributed by atoms with E-state index in [2.05, 4.69) is 5.32 Å². The third-order valence-electron chi connectivity index (χ3n) is 5.08. The first-order valence-corrected chi connectivity index (χ1v) is 8.59. The largest absolute Gasteiger partial charge is 0.467 e. The van der Waals surface area contributed by atoms with E-state index in [0.717, 1.165) is 17.7 Å². The lowest BCUT2D eigenvalue weighted by Gasteiger charge is -2.50. The number of nitro benzene ring substituents is 1. The normalized spacial score (nSPS) is 23.7. The van der Waals surface area contributed by atoms with Gasteiger partial charge in [-0.25, -0.2) is 4.79 Å². The van der Waals surface area contributed by atoms with Crippen LogP contribution in [0, 0.1) is 10.1 Å². The smallest absolute Gasteiger partial charge is 0.325 e. The van der Waals surface area contributed by atoms with Crippen LogP contribution in [0.25, 0.3) is 0 Å². The maximum atomic E-state index is 12.9. The minimum atomic E-state index is -0.860. The molecule has 2 unspecified atom stereocenters. The maximum absolute atomic E-state index is 12.9.